The summed E-state index contributed by atoms with van der Waals surface area (Å²) in [5, 5.41) is 11.3. The molecular formula is C27H35N3O4. The smallest absolute Gasteiger partial charge is 0.295 e. The van der Waals surface area contributed by atoms with Gasteiger partial charge < -0.3 is 24.5 Å². The molecule has 3 rings (SSSR count). The Morgan fingerprint density at radius 1 is 1.03 bits per heavy atom. The number of anilines is 1. The van der Waals surface area contributed by atoms with Crippen molar-refractivity contribution in [3.8, 4) is 5.75 Å². The molecule has 1 fully saturated rings. The number of rotatable bonds is 10. The zero-order valence-corrected chi connectivity index (χ0v) is 20.7. The topological polar surface area (TPSA) is 73.3 Å². The van der Waals surface area contributed by atoms with Gasteiger partial charge in [0.2, 0.25) is 0 Å². The third-order valence-electron chi connectivity index (χ3n) is 6.24. The number of ether oxygens (including phenoxy) is 1. The van der Waals surface area contributed by atoms with Crippen molar-refractivity contribution in [1.29, 1.82) is 0 Å². The maximum atomic E-state index is 13.2. The lowest BCUT2D eigenvalue weighted by Crippen LogP contribution is -2.38. The van der Waals surface area contributed by atoms with Crippen LogP contribution in [-0.2, 0) is 9.59 Å². The first kappa shape index (κ1) is 25.3. The van der Waals surface area contributed by atoms with Gasteiger partial charge in [-0.2, -0.15) is 0 Å². The maximum absolute atomic E-state index is 13.2. The summed E-state index contributed by atoms with van der Waals surface area (Å²) in [7, 11) is 3.91. The van der Waals surface area contributed by atoms with Crippen molar-refractivity contribution in [2.75, 3.05) is 51.8 Å². The predicted molar refractivity (Wildman–Crippen MR) is 135 cm³/mol. The van der Waals surface area contributed by atoms with Crippen molar-refractivity contribution in [3.63, 3.8) is 0 Å². The molecule has 1 atom stereocenters. The number of carbonyl (C=O) groups excluding carboxylic acids is 2. The largest absolute Gasteiger partial charge is 0.507 e. The second-order valence-corrected chi connectivity index (χ2v) is 8.47. The molecule has 182 valence electrons. The molecule has 0 bridgehead atoms. The van der Waals surface area contributed by atoms with Gasteiger partial charge in [-0.3, -0.25) is 9.59 Å². The minimum absolute atomic E-state index is 0.107. The number of hydrogen-bond donors (Lipinski definition) is 1. The SMILES string of the molecule is CCOc1cccc(/C(O)=C2\C(=O)C(=O)N(CCN(CC)CC)C2c2ccc(N(C)C)cc2)c1. The molecule has 1 unspecified atom stereocenters. The number of benzene rings is 2. The molecule has 0 aromatic heterocycles. The van der Waals surface area contributed by atoms with Crippen molar-refractivity contribution in [3.05, 3.63) is 65.2 Å². The van der Waals surface area contributed by atoms with Gasteiger partial charge in [0, 0.05) is 38.4 Å². The number of Topliss-reactive ketones (excluding diaryl/α,β-unsaturated/α-hetero) is 1. The van der Waals surface area contributed by atoms with Crippen LogP contribution in [-0.4, -0.2) is 73.5 Å². The number of aliphatic hydroxyl groups is 1. The molecule has 1 saturated heterocycles. The average molecular weight is 466 g/mol. The average Bonchev–Trinajstić information content (AvgIpc) is 3.09. The molecule has 1 amide bonds. The summed E-state index contributed by atoms with van der Waals surface area (Å²) < 4.78 is 5.56. The van der Waals surface area contributed by atoms with Crippen LogP contribution >= 0.6 is 0 Å². The first-order chi connectivity index (χ1) is 16.3. The normalized spacial score (nSPS) is 17.5. The third kappa shape index (κ3) is 5.25. The summed E-state index contributed by atoms with van der Waals surface area (Å²) in [6.07, 6.45) is 0. The fourth-order valence-electron chi connectivity index (χ4n) is 4.26. The van der Waals surface area contributed by atoms with Gasteiger partial charge in [0.1, 0.15) is 11.5 Å². The monoisotopic (exact) mass is 465 g/mol. The van der Waals surface area contributed by atoms with E-state index in [1.807, 2.05) is 50.2 Å². The number of ketones is 1. The van der Waals surface area contributed by atoms with E-state index in [0.29, 0.717) is 31.0 Å². The van der Waals surface area contributed by atoms with E-state index in [4.69, 9.17) is 4.74 Å². The lowest BCUT2D eigenvalue weighted by Gasteiger charge is -2.28. The summed E-state index contributed by atoms with van der Waals surface area (Å²) >= 11 is 0. The van der Waals surface area contributed by atoms with E-state index >= 15 is 0 Å². The van der Waals surface area contributed by atoms with Crippen LogP contribution in [0.5, 0.6) is 5.75 Å². The van der Waals surface area contributed by atoms with Gasteiger partial charge in [-0.05, 0) is 49.8 Å². The molecule has 34 heavy (non-hydrogen) atoms. The van der Waals surface area contributed by atoms with Gasteiger partial charge in [0.05, 0.1) is 18.2 Å². The Bertz CT molecular complexity index is 1040. The number of likely N-dealkylation sites (tertiary alicyclic amines) is 1. The Morgan fingerprint density at radius 3 is 2.29 bits per heavy atom. The summed E-state index contributed by atoms with van der Waals surface area (Å²) in [4.78, 5) is 32.1. The number of hydrogen-bond acceptors (Lipinski definition) is 6. The highest BCUT2D eigenvalue weighted by Crippen LogP contribution is 2.40. The standard InChI is InChI=1S/C27H35N3O4/c1-6-29(7-2)16-17-30-24(19-12-14-21(15-13-19)28(4)5)23(26(32)27(30)33)25(31)20-10-9-11-22(18-20)34-8-3/h9-15,18,24,31H,6-8,16-17H2,1-5H3/b25-23+. The molecule has 7 heteroatoms. The Hall–Kier alpha value is -3.32. The van der Waals surface area contributed by atoms with Crippen molar-refractivity contribution in [2.24, 2.45) is 0 Å². The molecule has 1 heterocycles. The molecule has 7 nitrogen and oxygen atoms in total. The number of likely N-dealkylation sites (N-methyl/N-ethyl adjacent to an activating group) is 1. The van der Waals surface area contributed by atoms with Crippen LogP contribution in [0.2, 0.25) is 0 Å². The Kier molecular flexibility index (Phi) is 8.34. The third-order valence-corrected chi connectivity index (χ3v) is 6.24. The maximum Gasteiger partial charge on any atom is 0.295 e. The molecule has 0 saturated carbocycles. The van der Waals surface area contributed by atoms with Crippen LogP contribution in [0.3, 0.4) is 0 Å². The van der Waals surface area contributed by atoms with E-state index in [1.54, 1.807) is 29.2 Å². The van der Waals surface area contributed by atoms with E-state index in [2.05, 4.69) is 18.7 Å². The van der Waals surface area contributed by atoms with Crippen molar-refractivity contribution >= 4 is 23.1 Å². The van der Waals surface area contributed by atoms with Crippen LogP contribution in [0.25, 0.3) is 5.76 Å². The van der Waals surface area contributed by atoms with E-state index in [-0.39, 0.29) is 11.3 Å². The molecule has 2 aromatic carbocycles. The zero-order valence-electron chi connectivity index (χ0n) is 20.7. The van der Waals surface area contributed by atoms with Gasteiger partial charge in [-0.25, -0.2) is 0 Å². The second-order valence-electron chi connectivity index (χ2n) is 8.47. The summed E-state index contributed by atoms with van der Waals surface area (Å²) in [5.74, 6) is -0.849. The van der Waals surface area contributed by atoms with E-state index in [0.717, 1.165) is 24.3 Å². The molecule has 0 radical (unpaired) electrons. The quantitative estimate of drug-likeness (QED) is 0.326. The van der Waals surface area contributed by atoms with Crippen molar-refractivity contribution in [2.45, 2.75) is 26.8 Å². The number of carbonyl (C=O) groups is 2. The van der Waals surface area contributed by atoms with Crippen LogP contribution in [0, 0.1) is 0 Å². The Labute approximate surface area is 202 Å². The first-order valence-electron chi connectivity index (χ1n) is 11.8. The summed E-state index contributed by atoms with van der Waals surface area (Å²) in [5.41, 5.74) is 2.35. The second kappa shape index (κ2) is 11.2. The van der Waals surface area contributed by atoms with E-state index < -0.39 is 17.7 Å². The highest BCUT2D eigenvalue weighted by atomic mass is 16.5. The highest BCUT2D eigenvalue weighted by Gasteiger charge is 2.46. The number of aliphatic hydroxyl groups excluding tert-OH is 1. The summed E-state index contributed by atoms with van der Waals surface area (Å²) in [6.45, 7) is 9.25. The lowest BCUT2D eigenvalue weighted by atomic mass is 9.95. The van der Waals surface area contributed by atoms with Crippen molar-refractivity contribution in [1.82, 2.24) is 9.80 Å². The van der Waals surface area contributed by atoms with Crippen LogP contribution in [0.15, 0.2) is 54.1 Å². The lowest BCUT2D eigenvalue weighted by molar-refractivity contribution is -0.140. The molecule has 1 aliphatic rings. The number of amides is 1. The van der Waals surface area contributed by atoms with Gasteiger partial charge >= 0.3 is 0 Å². The van der Waals surface area contributed by atoms with Crippen molar-refractivity contribution < 1.29 is 19.4 Å². The van der Waals surface area contributed by atoms with Crippen LogP contribution in [0.1, 0.15) is 37.9 Å². The number of nitrogens with zero attached hydrogens (tertiary/aromatic N) is 3. The van der Waals surface area contributed by atoms with E-state index in [1.165, 1.54) is 0 Å². The molecule has 1 aliphatic heterocycles. The molecular weight excluding hydrogens is 430 g/mol. The fourth-order valence-corrected chi connectivity index (χ4v) is 4.26. The van der Waals surface area contributed by atoms with E-state index in [9.17, 15) is 14.7 Å². The minimum atomic E-state index is -0.666. The van der Waals surface area contributed by atoms with Gasteiger partial charge in [-0.1, -0.05) is 38.1 Å². The first-order valence-corrected chi connectivity index (χ1v) is 11.8. The van der Waals surface area contributed by atoms with Crippen LogP contribution < -0.4 is 9.64 Å². The highest BCUT2D eigenvalue weighted by molar-refractivity contribution is 6.46. The van der Waals surface area contributed by atoms with Gasteiger partial charge in [0.15, 0.2) is 0 Å². The van der Waals surface area contributed by atoms with Gasteiger partial charge in [0.25, 0.3) is 11.7 Å². The van der Waals surface area contributed by atoms with Crippen LogP contribution in [0.4, 0.5) is 5.69 Å². The Balaban J connectivity index is 2.10. The molecule has 2 aromatic rings. The summed E-state index contributed by atoms with van der Waals surface area (Å²) in [6, 6.07) is 14.0. The molecule has 0 aliphatic carbocycles. The fraction of sp³-hybridized carbons (Fsp3) is 0.407. The zero-order chi connectivity index (χ0) is 24.8. The minimum Gasteiger partial charge on any atom is -0.507 e. The molecule has 1 N–H and O–H groups in total. The molecule has 0 spiro atoms. The van der Waals surface area contributed by atoms with Gasteiger partial charge in [-0.15, -0.1) is 0 Å². The predicted octanol–water partition coefficient (Wildman–Crippen LogP) is 3.91. The Morgan fingerprint density at radius 2 is 1.71 bits per heavy atom.